The Morgan fingerprint density at radius 3 is 2.85 bits per heavy atom. The van der Waals surface area contributed by atoms with Gasteiger partial charge in [-0.25, -0.2) is 0 Å². The SMILES string of the molecule is Cc1ccc(OC2CCCN(C(=O)c3cc([N+](=O)[O-])ccc3Cl)C2)nn1. The Morgan fingerprint density at radius 2 is 2.15 bits per heavy atom. The summed E-state index contributed by atoms with van der Waals surface area (Å²) < 4.78 is 5.81. The number of hydrogen-bond acceptors (Lipinski definition) is 6. The predicted molar refractivity (Wildman–Crippen MR) is 94.4 cm³/mol. The number of aromatic nitrogens is 2. The van der Waals surface area contributed by atoms with Crippen molar-refractivity contribution in [3.8, 4) is 5.88 Å². The lowest BCUT2D eigenvalue weighted by Gasteiger charge is -2.32. The minimum Gasteiger partial charge on any atom is -0.471 e. The van der Waals surface area contributed by atoms with E-state index in [1.165, 1.54) is 18.2 Å². The fourth-order valence-electron chi connectivity index (χ4n) is 2.80. The zero-order valence-corrected chi connectivity index (χ0v) is 14.8. The summed E-state index contributed by atoms with van der Waals surface area (Å²) in [5.41, 5.74) is 0.743. The zero-order valence-electron chi connectivity index (χ0n) is 14.1. The van der Waals surface area contributed by atoms with Crippen molar-refractivity contribution in [2.24, 2.45) is 0 Å². The van der Waals surface area contributed by atoms with Crippen molar-refractivity contribution in [3.63, 3.8) is 0 Å². The van der Waals surface area contributed by atoms with E-state index in [1.54, 1.807) is 17.0 Å². The van der Waals surface area contributed by atoms with Crippen LogP contribution in [0.2, 0.25) is 5.02 Å². The molecule has 1 aliphatic heterocycles. The predicted octanol–water partition coefficient (Wildman–Crippen LogP) is 3.03. The van der Waals surface area contributed by atoms with Crippen LogP contribution in [0.15, 0.2) is 30.3 Å². The number of halogens is 1. The normalized spacial score (nSPS) is 17.0. The molecule has 3 rings (SSSR count). The molecule has 0 N–H and O–H groups in total. The van der Waals surface area contributed by atoms with Crippen LogP contribution >= 0.6 is 11.6 Å². The third kappa shape index (κ3) is 4.08. The zero-order chi connectivity index (χ0) is 18.7. The van der Waals surface area contributed by atoms with Gasteiger partial charge in [-0.2, -0.15) is 5.10 Å². The topological polar surface area (TPSA) is 98.5 Å². The lowest BCUT2D eigenvalue weighted by Crippen LogP contribution is -2.44. The van der Waals surface area contributed by atoms with E-state index in [0.29, 0.717) is 19.0 Å². The van der Waals surface area contributed by atoms with E-state index >= 15 is 0 Å². The molecule has 1 unspecified atom stereocenters. The first-order valence-electron chi connectivity index (χ1n) is 8.14. The smallest absolute Gasteiger partial charge is 0.270 e. The molecule has 1 aromatic carbocycles. The number of likely N-dealkylation sites (tertiary alicyclic amines) is 1. The number of carbonyl (C=O) groups is 1. The summed E-state index contributed by atoms with van der Waals surface area (Å²) in [5.74, 6) is 0.0604. The van der Waals surface area contributed by atoms with Gasteiger partial charge in [0.15, 0.2) is 0 Å². The number of nitro benzene ring substituents is 1. The van der Waals surface area contributed by atoms with Crippen molar-refractivity contribution in [1.29, 1.82) is 0 Å². The Morgan fingerprint density at radius 1 is 1.35 bits per heavy atom. The standard InChI is InChI=1S/C17H17ClN4O4/c1-11-4-7-16(20-19-11)26-13-3-2-8-21(10-13)17(23)14-9-12(22(24)25)5-6-15(14)18/h4-7,9,13H,2-3,8,10H2,1H3. The number of nitro groups is 1. The van der Waals surface area contributed by atoms with Crippen LogP contribution in [0.1, 0.15) is 28.9 Å². The first-order valence-corrected chi connectivity index (χ1v) is 8.52. The number of piperidine rings is 1. The summed E-state index contributed by atoms with van der Waals surface area (Å²) in [6.45, 7) is 2.73. The number of amides is 1. The Labute approximate surface area is 154 Å². The van der Waals surface area contributed by atoms with E-state index in [4.69, 9.17) is 16.3 Å². The molecule has 8 nitrogen and oxygen atoms in total. The third-order valence-electron chi connectivity index (χ3n) is 4.12. The number of non-ortho nitro benzene ring substituents is 1. The highest BCUT2D eigenvalue weighted by Gasteiger charge is 2.28. The van der Waals surface area contributed by atoms with Crippen LogP contribution in [-0.2, 0) is 0 Å². The van der Waals surface area contributed by atoms with Crippen LogP contribution in [0.5, 0.6) is 5.88 Å². The maximum Gasteiger partial charge on any atom is 0.270 e. The lowest BCUT2D eigenvalue weighted by molar-refractivity contribution is -0.384. The van der Waals surface area contributed by atoms with E-state index in [1.807, 2.05) is 6.92 Å². The fourth-order valence-corrected chi connectivity index (χ4v) is 3.00. The molecule has 26 heavy (non-hydrogen) atoms. The molecule has 1 saturated heterocycles. The summed E-state index contributed by atoms with van der Waals surface area (Å²) in [7, 11) is 0. The molecule has 0 radical (unpaired) electrons. The molecule has 9 heteroatoms. The quantitative estimate of drug-likeness (QED) is 0.600. The molecule has 0 bridgehead atoms. The second kappa shape index (κ2) is 7.65. The van der Waals surface area contributed by atoms with Crippen molar-refractivity contribution in [2.45, 2.75) is 25.9 Å². The Hall–Kier alpha value is -2.74. The molecule has 0 saturated carbocycles. The van der Waals surface area contributed by atoms with E-state index in [9.17, 15) is 14.9 Å². The maximum absolute atomic E-state index is 12.8. The molecule has 2 heterocycles. The molecular weight excluding hydrogens is 360 g/mol. The van der Waals surface area contributed by atoms with Crippen molar-refractivity contribution in [3.05, 3.63) is 56.7 Å². The van der Waals surface area contributed by atoms with Crippen molar-refractivity contribution < 1.29 is 14.5 Å². The highest BCUT2D eigenvalue weighted by Crippen LogP contribution is 2.25. The first kappa shape index (κ1) is 18.1. The second-order valence-corrected chi connectivity index (χ2v) is 6.47. The van der Waals surface area contributed by atoms with E-state index in [2.05, 4.69) is 10.2 Å². The first-order chi connectivity index (χ1) is 12.4. The fraction of sp³-hybridized carbons (Fsp3) is 0.353. The van der Waals surface area contributed by atoms with Crippen LogP contribution in [-0.4, -0.2) is 45.1 Å². The van der Waals surface area contributed by atoms with Crippen molar-refractivity contribution in [1.82, 2.24) is 15.1 Å². The van der Waals surface area contributed by atoms with Gasteiger partial charge in [-0.05, 0) is 31.9 Å². The van der Waals surface area contributed by atoms with Gasteiger partial charge in [0.05, 0.1) is 27.7 Å². The number of rotatable bonds is 4. The molecule has 0 aliphatic carbocycles. The van der Waals surface area contributed by atoms with Gasteiger partial charge in [0, 0.05) is 24.7 Å². The average Bonchev–Trinajstić information content (AvgIpc) is 2.63. The lowest BCUT2D eigenvalue weighted by atomic mass is 10.1. The Balaban J connectivity index is 1.73. The summed E-state index contributed by atoms with van der Waals surface area (Å²) in [5, 5.41) is 19.1. The van der Waals surface area contributed by atoms with Crippen LogP contribution in [0, 0.1) is 17.0 Å². The van der Waals surface area contributed by atoms with Gasteiger partial charge < -0.3 is 9.64 Å². The summed E-state index contributed by atoms with van der Waals surface area (Å²) in [4.78, 5) is 24.8. The highest BCUT2D eigenvalue weighted by atomic mass is 35.5. The van der Waals surface area contributed by atoms with Crippen LogP contribution < -0.4 is 4.74 Å². The van der Waals surface area contributed by atoms with Crippen LogP contribution in [0.3, 0.4) is 0 Å². The van der Waals surface area contributed by atoms with Crippen LogP contribution in [0.25, 0.3) is 0 Å². The second-order valence-electron chi connectivity index (χ2n) is 6.07. The monoisotopic (exact) mass is 376 g/mol. The number of hydrogen-bond donors (Lipinski definition) is 0. The molecule has 136 valence electrons. The molecule has 1 fully saturated rings. The van der Waals surface area contributed by atoms with Gasteiger partial charge >= 0.3 is 0 Å². The number of nitrogens with zero attached hydrogens (tertiary/aromatic N) is 4. The number of aryl methyl sites for hydroxylation is 1. The number of carbonyl (C=O) groups excluding carboxylic acids is 1. The molecule has 1 aromatic heterocycles. The van der Waals surface area contributed by atoms with Crippen molar-refractivity contribution in [2.75, 3.05) is 13.1 Å². The minimum absolute atomic E-state index is 0.122. The van der Waals surface area contributed by atoms with Gasteiger partial charge in [-0.3, -0.25) is 14.9 Å². The highest BCUT2D eigenvalue weighted by molar-refractivity contribution is 6.33. The van der Waals surface area contributed by atoms with E-state index < -0.39 is 4.92 Å². The van der Waals surface area contributed by atoms with Gasteiger partial charge in [0.1, 0.15) is 6.10 Å². The summed E-state index contributed by atoms with van der Waals surface area (Å²) >= 11 is 6.08. The Bertz CT molecular complexity index is 828. The summed E-state index contributed by atoms with van der Waals surface area (Å²) in [6, 6.07) is 7.39. The molecule has 1 aliphatic rings. The van der Waals surface area contributed by atoms with Gasteiger partial charge in [0.25, 0.3) is 11.6 Å². The molecular formula is C17H17ClN4O4. The maximum atomic E-state index is 12.8. The number of ether oxygens (including phenoxy) is 1. The van der Waals surface area contributed by atoms with Gasteiger partial charge in [0.2, 0.25) is 5.88 Å². The minimum atomic E-state index is -0.550. The average molecular weight is 377 g/mol. The molecule has 2 aromatic rings. The van der Waals surface area contributed by atoms with Crippen LogP contribution in [0.4, 0.5) is 5.69 Å². The Kier molecular flexibility index (Phi) is 5.32. The molecule has 1 amide bonds. The molecule has 0 spiro atoms. The van der Waals surface area contributed by atoms with Gasteiger partial charge in [-0.15, -0.1) is 5.10 Å². The largest absolute Gasteiger partial charge is 0.471 e. The molecule has 1 atom stereocenters. The van der Waals surface area contributed by atoms with E-state index in [-0.39, 0.29) is 28.3 Å². The van der Waals surface area contributed by atoms with E-state index in [0.717, 1.165) is 18.5 Å². The summed E-state index contributed by atoms with van der Waals surface area (Å²) in [6.07, 6.45) is 1.31. The third-order valence-corrected chi connectivity index (χ3v) is 4.45. The number of benzene rings is 1. The van der Waals surface area contributed by atoms with Crippen molar-refractivity contribution >= 4 is 23.2 Å². The van der Waals surface area contributed by atoms with Gasteiger partial charge in [-0.1, -0.05) is 11.6 Å².